The van der Waals surface area contributed by atoms with Crippen LogP contribution in [0.5, 0.6) is 5.88 Å². The third-order valence-electron chi connectivity index (χ3n) is 1.86. The molecule has 1 unspecified atom stereocenters. The van der Waals surface area contributed by atoms with Crippen LogP contribution in [0.15, 0.2) is 40.6 Å². The van der Waals surface area contributed by atoms with Gasteiger partial charge in [-0.15, -0.1) is 11.3 Å². The molecule has 0 radical (unpaired) electrons. The van der Waals surface area contributed by atoms with Crippen LogP contribution in [-0.2, 0) is 15.9 Å². The van der Waals surface area contributed by atoms with Crippen molar-refractivity contribution in [2.24, 2.45) is 0 Å². The van der Waals surface area contributed by atoms with Gasteiger partial charge in [0.1, 0.15) is 0 Å². The fraction of sp³-hybridized carbons (Fsp3) is 0.0909. The molecule has 0 aliphatic heterocycles. The number of rotatable bonds is 4. The van der Waals surface area contributed by atoms with E-state index in [1.165, 1.54) is 18.3 Å². The zero-order valence-electron chi connectivity index (χ0n) is 11.5. The summed E-state index contributed by atoms with van der Waals surface area (Å²) in [5, 5.41) is 4.54. The zero-order valence-corrected chi connectivity index (χ0v) is 14.1. The zero-order chi connectivity index (χ0) is 13.0. The van der Waals surface area contributed by atoms with Gasteiger partial charge in [-0.25, -0.2) is 4.21 Å². The van der Waals surface area contributed by atoms with E-state index in [1.807, 2.05) is 6.07 Å². The van der Waals surface area contributed by atoms with Crippen molar-refractivity contribution < 1.29 is 44.2 Å². The predicted octanol–water partition coefficient (Wildman–Crippen LogP) is -0.680. The monoisotopic (exact) mass is 306 g/mol. The average molecular weight is 306 g/mol. The van der Waals surface area contributed by atoms with Crippen molar-refractivity contribution in [3.05, 3.63) is 35.7 Å². The van der Waals surface area contributed by atoms with E-state index in [4.69, 9.17) is 4.18 Å². The fourth-order valence-corrected chi connectivity index (χ4v) is 2.60. The Bertz CT molecular complexity index is 580. The number of nitrogens with one attached hydrogen (secondary N) is 1. The smallest absolute Gasteiger partial charge is 1.00 e. The van der Waals surface area contributed by atoms with E-state index in [0.29, 0.717) is 10.0 Å². The van der Waals surface area contributed by atoms with Gasteiger partial charge in [0.05, 0.1) is 10.3 Å². The Morgan fingerprint density at radius 3 is 2.74 bits per heavy atom. The van der Waals surface area contributed by atoms with Crippen molar-refractivity contribution >= 4 is 33.5 Å². The first-order valence-corrected chi connectivity index (χ1v) is 6.99. The van der Waals surface area contributed by atoms with E-state index in [1.54, 1.807) is 29.6 Å². The van der Waals surface area contributed by atoms with Gasteiger partial charge in [-0.2, -0.15) is 4.98 Å². The molecule has 0 fully saturated rings. The molecule has 0 bridgehead atoms. The Hall–Kier alpha value is -0.730. The summed E-state index contributed by atoms with van der Waals surface area (Å²) in [5.41, 5.74) is 0. The second-order valence-electron chi connectivity index (χ2n) is 3.30. The maximum atomic E-state index is 11.8. The molecule has 0 saturated heterocycles. The standard InChI is InChI=1S/C11H10N2O3S2.Na.H/c1-8(14)12-11-13-10(7-17-11)16-18(15)9-5-3-2-4-6-9;;/h2-7H,1H3,(H,12,13,14);;/q;+1;-1. The van der Waals surface area contributed by atoms with Crippen LogP contribution in [0.3, 0.4) is 0 Å². The summed E-state index contributed by atoms with van der Waals surface area (Å²) < 4.78 is 17.0. The Morgan fingerprint density at radius 1 is 1.42 bits per heavy atom. The van der Waals surface area contributed by atoms with E-state index in [-0.39, 0.29) is 42.8 Å². The van der Waals surface area contributed by atoms with Crippen molar-refractivity contribution in [3.63, 3.8) is 0 Å². The molecule has 1 amide bonds. The van der Waals surface area contributed by atoms with E-state index in [0.717, 1.165) is 0 Å². The van der Waals surface area contributed by atoms with E-state index < -0.39 is 11.1 Å². The predicted molar refractivity (Wildman–Crippen MR) is 71.0 cm³/mol. The first-order chi connectivity index (χ1) is 8.65. The van der Waals surface area contributed by atoms with E-state index >= 15 is 0 Å². The molecular weight excluding hydrogens is 295 g/mol. The number of hydrogen-bond acceptors (Lipinski definition) is 5. The number of carbonyl (C=O) groups is 1. The van der Waals surface area contributed by atoms with Gasteiger partial charge in [-0.3, -0.25) is 4.79 Å². The molecule has 0 aliphatic rings. The van der Waals surface area contributed by atoms with Gasteiger partial charge in [0.25, 0.3) is 0 Å². The van der Waals surface area contributed by atoms with Crippen LogP contribution in [0.1, 0.15) is 8.35 Å². The molecular formula is C11H11N2NaO3S2. The third kappa shape index (κ3) is 5.04. The fourth-order valence-electron chi connectivity index (χ4n) is 1.16. The summed E-state index contributed by atoms with van der Waals surface area (Å²) >= 11 is -0.390. The molecule has 1 aromatic carbocycles. The van der Waals surface area contributed by atoms with Crippen molar-refractivity contribution in [1.29, 1.82) is 0 Å². The molecule has 96 valence electrons. The Balaban J connectivity index is 0.00000180. The number of carbonyl (C=O) groups excluding carboxylic acids is 1. The first-order valence-electron chi connectivity index (χ1n) is 5.03. The van der Waals surface area contributed by atoms with Crippen LogP contribution in [0, 0.1) is 0 Å². The summed E-state index contributed by atoms with van der Waals surface area (Å²) in [6.07, 6.45) is 0. The van der Waals surface area contributed by atoms with Gasteiger partial charge < -0.3 is 10.9 Å². The minimum Gasteiger partial charge on any atom is -1.00 e. The number of nitrogens with zero attached hydrogens (tertiary/aromatic N) is 1. The van der Waals surface area contributed by atoms with Crippen LogP contribution in [-0.4, -0.2) is 15.1 Å². The maximum Gasteiger partial charge on any atom is 1.00 e. The molecule has 1 heterocycles. The second-order valence-corrected chi connectivity index (χ2v) is 5.27. The number of hydrogen-bond donors (Lipinski definition) is 1. The van der Waals surface area contributed by atoms with Crippen LogP contribution in [0.2, 0.25) is 0 Å². The van der Waals surface area contributed by atoms with Gasteiger partial charge in [-0.1, -0.05) is 18.2 Å². The van der Waals surface area contributed by atoms with Crippen LogP contribution >= 0.6 is 11.3 Å². The van der Waals surface area contributed by atoms with Crippen molar-refractivity contribution in [2.45, 2.75) is 11.8 Å². The molecule has 5 nitrogen and oxygen atoms in total. The molecule has 0 spiro atoms. The molecule has 0 aliphatic carbocycles. The number of thiazole rings is 1. The van der Waals surface area contributed by atoms with Crippen molar-refractivity contribution in [2.75, 3.05) is 5.32 Å². The van der Waals surface area contributed by atoms with Crippen molar-refractivity contribution in [3.8, 4) is 5.88 Å². The normalized spacial score (nSPS) is 11.2. The van der Waals surface area contributed by atoms with Gasteiger partial charge in [-0.05, 0) is 12.1 Å². The Kier molecular flexibility index (Phi) is 6.67. The SMILES string of the molecule is CC(=O)Nc1nc(OS(=O)c2ccccc2)cs1.[H-].[Na+]. The van der Waals surface area contributed by atoms with E-state index in [2.05, 4.69) is 10.3 Å². The van der Waals surface area contributed by atoms with Crippen LogP contribution in [0.4, 0.5) is 5.13 Å². The first kappa shape index (κ1) is 16.3. The number of aromatic nitrogens is 1. The molecule has 8 heteroatoms. The largest absolute Gasteiger partial charge is 1.00 e. The maximum absolute atomic E-state index is 11.8. The van der Waals surface area contributed by atoms with Crippen molar-refractivity contribution in [1.82, 2.24) is 4.98 Å². The molecule has 2 rings (SSSR count). The summed E-state index contributed by atoms with van der Waals surface area (Å²) in [4.78, 5) is 15.4. The molecule has 1 atom stereocenters. The Labute approximate surface area is 140 Å². The topological polar surface area (TPSA) is 68.3 Å². The van der Waals surface area contributed by atoms with Crippen LogP contribution in [0.25, 0.3) is 0 Å². The average Bonchev–Trinajstić information content (AvgIpc) is 2.76. The minimum absolute atomic E-state index is 0. The van der Waals surface area contributed by atoms with Gasteiger partial charge >= 0.3 is 29.6 Å². The second kappa shape index (κ2) is 7.76. The number of amides is 1. The van der Waals surface area contributed by atoms with Gasteiger partial charge in [0.15, 0.2) is 5.13 Å². The molecule has 1 N–H and O–H groups in total. The van der Waals surface area contributed by atoms with E-state index in [9.17, 15) is 9.00 Å². The molecule has 1 aromatic heterocycles. The summed E-state index contributed by atoms with van der Waals surface area (Å²) in [6, 6.07) is 8.80. The molecule has 19 heavy (non-hydrogen) atoms. The molecule has 2 aromatic rings. The number of anilines is 1. The van der Waals surface area contributed by atoms with Gasteiger partial charge in [0, 0.05) is 6.92 Å². The quantitative estimate of drug-likeness (QED) is 0.760. The molecule has 0 saturated carbocycles. The summed E-state index contributed by atoms with van der Waals surface area (Å²) in [7, 11) is 0. The summed E-state index contributed by atoms with van der Waals surface area (Å²) in [5.74, 6) is 0.0195. The minimum atomic E-state index is -1.60. The number of benzene rings is 1. The van der Waals surface area contributed by atoms with Crippen LogP contribution < -0.4 is 39.1 Å². The van der Waals surface area contributed by atoms with Gasteiger partial charge in [0.2, 0.25) is 22.9 Å². The third-order valence-corrected chi connectivity index (χ3v) is 3.58. The Morgan fingerprint density at radius 2 is 2.11 bits per heavy atom. The summed E-state index contributed by atoms with van der Waals surface area (Å²) in [6.45, 7) is 1.39.